The quantitative estimate of drug-likeness (QED) is 0.618. The van der Waals surface area contributed by atoms with Crippen molar-refractivity contribution in [2.75, 3.05) is 6.29 Å². The zero-order valence-corrected chi connectivity index (χ0v) is 15.0. The van der Waals surface area contributed by atoms with Crippen LogP contribution < -0.4 is 5.32 Å². The van der Waals surface area contributed by atoms with Gasteiger partial charge in [-0.05, 0) is 5.92 Å². The summed E-state index contributed by atoms with van der Waals surface area (Å²) in [6.45, 7) is 8.45. The molecule has 5 nitrogen and oxygen atoms in total. The molecule has 0 saturated heterocycles. The average molecular weight is 329 g/mol. The van der Waals surface area contributed by atoms with Crippen molar-refractivity contribution in [1.82, 2.24) is 15.2 Å². The number of thiazole rings is 1. The van der Waals surface area contributed by atoms with Crippen LogP contribution in [-0.4, -0.2) is 34.5 Å². The van der Waals surface area contributed by atoms with Crippen LogP contribution >= 0.6 is 20.6 Å². The van der Waals surface area contributed by atoms with Gasteiger partial charge in [-0.1, -0.05) is 27.7 Å². The van der Waals surface area contributed by atoms with E-state index >= 15 is 0 Å². The van der Waals surface area contributed by atoms with Crippen molar-refractivity contribution >= 4 is 32.9 Å². The molecule has 1 heterocycles. The van der Waals surface area contributed by atoms with Crippen molar-refractivity contribution in [3.05, 3.63) is 16.1 Å². The van der Waals surface area contributed by atoms with E-state index in [1.165, 1.54) is 0 Å². The third-order valence-electron chi connectivity index (χ3n) is 3.08. The van der Waals surface area contributed by atoms with E-state index in [1.54, 1.807) is 16.2 Å². The lowest BCUT2D eigenvalue weighted by atomic mass is 10.1. The van der Waals surface area contributed by atoms with E-state index in [-0.39, 0.29) is 11.9 Å². The molecule has 0 aromatic carbocycles. The minimum absolute atomic E-state index is 0.0737. The molecule has 0 bridgehead atoms. The Morgan fingerprint density at radius 3 is 2.57 bits per heavy atom. The topological polar surface area (TPSA) is 62.3 Å². The third-order valence-corrected chi connectivity index (χ3v) is 4.71. The van der Waals surface area contributed by atoms with Gasteiger partial charge in [0.15, 0.2) is 0 Å². The lowest BCUT2D eigenvalue weighted by Crippen LogP contribution is -2.46. The minimum Gasteiger partial charge on any atom is -0.328 e. The summed E-state index contributed by atoms with van der Waals surface area (Å²) in [5.41, 5.74) is 0.883. The van der Waals surface area contributed by atoms with Gasteiger partial charge in [-0.25, -0.2) is 9.78 Å². The summed E-state index contributed by atoms with van der Waals surface area (Å²) in [4.78, 5) is 29.4. The van der Waals surface area contributed by atoms with E-state index in [9.17, 15) is 9.59 Å². The first-order valence-electron chi connectivity index (χ1n) is 7.04. The number of amides is 2. The van der Waals surface area contributed by atoms with Crippen molar-refractivity contribution in [1.29, 1.82) is 0 Å². The van der Waals surface area contributed by atoms with Crippen LogP contribution in [0.4, 0.5) is 4.79 Å². The number of urea groups is 1. The molecular weight excluding hydrogens is 305 g/mol. The number of nitrogens with zero attached hydrogens (tertiary/aromatic N) is 2. The lowest BCUT2D eigenvalue weighted by Gasteiger charge is -2.24. The maximum atomic E-state index is 12.2. The molecule has 2 amide bonds. The monoisotopic (exact) mass is 329 g/mol. The SMILES string of the molecule is CC(C)c1nc(CN(CP)C(=O)N[C@H](C=O)C(C)C)cs1. The zero-order chi connectivity index (χ0) is 16.0. The van der Waals surface area contributed by atoms with Crippen LogP contribution in [0.5, 0.6) is 0 Å². The van der Waals surface area contributed by atoms with Crippen molar-refractivity contribution < 1.29 is 9.59 Å². The number of nitrogens with one attached hydrogen (secondary N) is 1. The molecule has 2 atom stereocenters. The molecule has 0 aliphatic rings. The highest BCUT2D eigenvalue weighted by molar-refractivity contribution is 7.16. The number of rotatable bonds is 7. The Morgan fingerprint density at radius 1 is 1.48 bits per heavy atom. The van der Waals surface area contributed by atoms with E-state index < -0.39 is 6.04 Å². The summed E-state index contributed by atoms with van der Waals surface area (Å²) in [6.07, 6.45) is 1.27. The second kappa shape index (κ2) is 8.44. The Labute approximate surface area is 132 Å². The van der Waals surface area contributed by atoms with E-state index in [0.29, 0.717) is 18.7 Å². The van der Waals surface area contributed by atoms with Crippen molar-refractivity contribution in [2.24, 2.45) is 5.92 Å². The Bertz CT molecular complexity index is 477. The third kappa shape index (κ3) is 5.36. The molecule has 1 N–H and O–H groups in total. The van der Waals surface area contributed by atoms with Gasteiger partial charge in [0.1, 0.15) is 6.29 Å². The summed E-state index contributed by atoms with van der Waals surface area (Å²) < 4.78 is 0. The van der Waals surface area contributed by atoms with E-state index in [4.69, 9.17) is 0 Å². The standard InChI is InChI=1S/C14H24N3O2PS/c1-9(2)12(6-18)16-14(19)17(8-20)5-11-7-21-13(15-11)10(3)4/h6-7,9-10,12H,5,8,20H2,1-4H3,(H,16,19)/t12-/m1/s1. The molecule has 21 heavy (non-hydrogen) atoms. The minimum atomic E-state index is -0.460. The molecule has 1 unspecified atom stereocenters. The Kier molecular flexibility index (Phi) is 7.26. The number of aromatic nitrogens is 1. The van der Waals surface area contributed by atoms with Gasteiger partial charge in [0.05, 0.1) is 23.3 Å². The molecular formula is C14H24N3O2PS. The van der Waals surface area contributed by atoms with Gasteiger partial charge in [-0.3, -0.25) is 0 Å². The van der Waals surface area contributed by atoms with E-state index in [2.05, 4.69) is 33.4 Å². The van der Waals surface area contributed by atoms with E-state index in [0.717, 1.165) is 17.0 Å². The van der Waals surface area contributed by atoms with Crippen LogP contribution in [0.1, 0.15) is 44.3 Å². The Balaban J connectivity index is 2.68. The number of hydrogen-bond donors (Lipinski definition) is 1. The fourth-order valence-electron chi connectivity index (χ4n) is 1.67. The predicted octanol–water partition coefficient (Wildman–Crippen LogP) is 2.83. The predicted molar refractivity (Wildman–Crippen MR) is 89.5 cm³/mol. The number of carbonyl (C=O) groups excluding carboxylic acids is 2. The van der Waals surface area contributed by atoms with Gasteiger partial charge in [0, 0.05) is 17.6 Å². The maximum Gasteiger partial charge on any atom is 0.318 e. The Morgan fingerprint density at radius 2 is 2.14 bits per heavy atom. The summed E-state index contributed by atoms with van der Waals surface area (Å²) in [5.74, 6) is 0.465. The van der Waals surface area contributed by atoms with Crippen molar-refractivity contribution in [3.8, 4) is 0 Å². The average Bonchev–Trinajstić information content (AvgIpc) is 2.90. The molecule has 0 saturated carbocycles. The van der Waals surface area contributed by atoms with Crippen LogP contribution in [-0.2, 0) is 11.3 Å². The molecule has 0 spiro atoms. The molecule has 1 aromatic rings. The summed E-state index contributed by atoms with van der Waals surface area (Å²) >= 11 is 1.61. The molecule has 7 heteroatoms. The highest BCUT2D eigenvalue weighted by Gasteiger charge is 2.20. The highest BCUT2D eigenvalue weighted by Crippen LogP contribution is 2.20. The fraction of sp³-hybridized carbons (Fsp3) is 0.643. The Hall–Kier alpha value is -1.00. The molecule has 0 radical (unpaired) electrons. The summed E-state index contributed by atoms with van der Waals surface area (Å²) in [7, 11) is 2.54. The number of hydrogen-bond acceptors (Lipinski definition) is 4. The van der Waals surface area contributed by atoms with Crippen LogP contribution in [0.15, 0.2) is 5.38 Å². The van der Waals surface area contributed by atoms with Gasteiger partial charge >= 0.3 is 6.03 Å². The van der Waals surface area contributed by atoms with Crippen LogP contribution in [0.2, 0.25) is 0 Å². The fourth-order valence-corrected chi connectivity index (χ4v) is 2.79. The van der Waals surface area contributed by atoms with Crippen LogP contribution in [0, 0.1) is 5.92 Å². The first-order chi connectivity index (χ1) is 9.88. The van der Waals surface area contributed by atoms with Crippen molar-refractivity contribution in [2.45, 2.75) is 46.2 Å². The molecule has 0 aliphatic heterocycles. The number of carbonyl (C=O) groups is 2. The highest BCUT2D eigenvalue weighted by atomic mass is 32.1. The molecule has 1 aromatic heterocycles. The molecule has 0 fully saturated rings. The van der Waals surface area contributed by atoms with Gasteiger partial charge < -0.3 is 15.0 Å². The molecule has 118 valence electrons. The second-order valence-electron chi connectivity index (χ2n) is 5.57. The van der Waals surface area contributed by atoms with Gasteiger partial charge in [0.2, 0.25) is 0 Å². The van der Waals surface area contributed by atoms with Gasteiger partial charge in [-0.2, -0.15) is 0 Å². The summed E-state index contributed by atoms with van der Waals surface area (Å²) in [6, 6.07) is -0.701. The van der Waals surface area contributed by atoms with Gasteiger partial charge in [0.25, 0.3) is 0 Å². The van der Waals surface area contributed by atoms with Gasteiger partial charge in [-0.15, -0.1) is 20.6 Å². The summed E-state index contributed by atoms with van der Waals surface area (Å²) in [5, 5.41) is 5.80. The smallest absolute Gasteiger partial charge is 0.318 e. The van der Waals surface area contributed by atoms with Crippen LogP contribution in [0.25, 0.3) is 0 Å². The van der Waals surface area contributed by atoms with Crippen LogP contribution in [0.3, 0.4) is 0 Å². The molecule has 0 aliphatic carbocycles. The maximum absolute atomic E-state index is 12.2. The zero-order valence-electron chi connectivity index (χ0n) is 13.0. The lowest BCUT2D eigenvalue weighted by molar-refractivity contribution is -0.110. The first kappa shape index (κ1) is 18.1. The van der Waals surface area contributed by atoms with E-state index in [1.807, 2.05) is 19.2 Å². The molecule has 1 rings (SSSR count). The van der Waals surface area contributed by atoms with Crippen molar-refractivity contribution in [3.63, 3.8) is 0 Å². The number of aldehydes is 1. The first-order valence-corrected chi connectivity index (χ1v) is 8.73. The second-order valence-corrected chi connectivity index (χ2v) is 6.82. The normalized spacial score (nSPS) is 12.5. The largest absolute Gasteiger partial charge is 0.328 e.